The van der Waals surface area contributed by atoms with Gasteiger partial charge in [0.05, 0.1) is 5.69 Å². The van der Waals surface area contributed by atoms with E-state index >= 15 is 0 Å². The Hall–Kier alpha value is -3.46. The maximum atomic E-state index is 13.8. The van der Waals surface area contributed by atoms with E-state index in [1.807, 2.05) is 31.2 Å². The zero-order valence-corrected chi connectivity index (χ0v) is 18.1. The molecule has 158 valence electrons. The second kappa shape index (κ2) is 8.73. The second-order valence-corrected chi connectivity index (χ2v) is 7.98. The van der Waals surface area contributed by atoms with Crippen LogP contribution in [0.2, 0.25) is 0 Å². The van der Waals surface area contributed by atoms with Gasteiger partial charge in [0.15, 0.2) is 0 Å². The molecule has 2 heterocycles. The van der Waals surface area contributed by atoms with E-state index in [9.17, 15) is 9.18 Å². The molecule has 2 aromatic carbocycles. The van der Waals surface area contributed by atoms with E-state index in [1.165, 1.54) is 24.2 Å². The molecule has 0 aliphatic heterocycles. The van der Waals surface area contributed by atoms with Gasteiger partial charge < -0.3 is 10.6 Å². The summed E-state index contributed by atoms with van der Waals surface area (Å²) in [5, 5.41) is 10.7. The number of urea groups is 1. The first kappa shape index (κ1) is 20.8. The summed E-state index contributed by atoms with van der Waals surface area (Å²) in [4.78, 5) is 22.1. The molecule has 31 heavy (non-hydrogen) atoms. The average molecular weight is 437 g/mol. The van der Waals surface area contributed by atoms with Crippen LogP contribution in [-0.2, 0) is 6.42 Å². The average Bonchev–Trinajstić information content (AvgIpc) is 3.20. The number of benzene rings is 2. The molecule has 0 saturated heterocycles. The molecule has 0 saturated carbocycles. The maximum Gasteiger partial charge on any atom is 0.323 e. The molecule has 4 aromatic rings. The summed E-state index contributed by atoms with van der Waals surface area (Å²) in [7, 11) is 0. The molecule has 7 nitrogen and oxygen atoms in total. The van der Waals surface area contributed by atoms with Crippen molar-refractivity contribution < 1.29 is 9.18 Å². The van der Waals surface area contributed by atoms with Crippen LogP contribution in [-0.4, -0.2) is 25.6 Å². The Morgan fingerprint density at radius 2 is 1.97 bits per heavy atom. The first-order valence-electron chi connectivity index (χ1n) is 9.76. The Morgan fingerprint density at radius 3 is 2.74 bits per heavy atom. The number of carbonyl (C=O) groups excluding carboxylic acids is 1. The zero-order chi connectivity index (χ0) is 22.0. The van der Waals surface area contributed by atoms with Crippen molar-refractivity contribution in [2.75, 3.05) is 10.6 Å². The minimum atomic E-state index is -0.455. The Bertz CT molecular complexity index is 1270. The van der Waals surface area contributed by atoms with E-state index in [2.05, 4.69) is 32.6 Å². The summed E-state index contributed by atoms with van der Waals surface area (Å²) in [5.41, 5.74) is 3.49. The summed E-state index contributed by atoms with van der Waals surface area (Å²) in [6.45, 7) is 5.69. The van der Waals surface area contributed by atoms with Crippen molar-refractivity contribution in [2.24, 2.45) is 0 Å². The number of rotatable bonds is 5. The summed E-state index contributed by atoms with van der Waals surface area (Å²) >= 11 is 1.48. The molecule has 0 aliphatic rings. The summed E-state index contributed by atoms with van der Waals surface area (Å²) in [5.74, 6) is 0.160. The number of fused-ring (bicyclic) bond motifs is 1. The van der Waals surface area contributed by atoms with Crippen molar-refractivity contribution in [3.8, 4) is 0 Å². The minimum Gasteiger partial charge on any atom is -0.308 e. The third-order valence-electron chi connectivity index (χ3n) is 4.81. The zero-order valence-electron chi connectivity index (χ0n) is 17.3. The molecular weight excluding hydrogens is 415 g/mol. The summed E-state index contributed by atoms with van der Waals surface area (Å²) < 4.78 is 15.5. The van der Waals surface area contributed by atoms with Gasteiger partial charge in [0.25, 0.3) is 5.78 Å². The number of nitrogens with zero attached hydrogens (tertiary/aromatic N) is 4. The highest BCUT2D eigenvalue weighted by atomic mass is 32.2. The van der Waals surface area contributed by atoms with Crippen molar-refractivity contribution in [2.45, 2.75) is 37.1 Å². The van der Waals surface area contributed by atoms with Crippen LogP contribution in [0.1, 0.15) is 23.7 Å². The van der Waals surface area contributed by atoms with E-state index in [0.29, 0.717) is 22.7 Å². The fourth-order valence-electron chi connectivity index (χ4n) is 3.19. The Labute approximate surface area is 183 Å². The molecule has 0 atom stereocenters. The number of nitrogens with one attached hydrogen (secondary N) is 2. The number of amides is 2. The minimum absolute atomic E-state index is 0.370. The van der Waals surface area contributed by atoms with Crippen molar-refractivity contribution in [1.29, 1.82) is 0 Å². The van der Waals surface area contributed by atoms with Gasteiger partial charge in [0, 0.05) is 21.8 Å². The summed E-state index contributed by atoms with van der Waals surface area (Å²) in [6.07, 6.45) is 2.26. The van der Waals surface area contributed by atoms with Gasteiger partial charge in [0.1, 0.15) is 17.2 Å². The van der Waals surface area contributed by atoms with Crippen LogP contribution in [0.25, 0.3) is 5.78 Å². The first-order chi connectivity index (χ1) is 15.0. The molecule has 2 aromatic heterocycles. The number of aryl methyl sites for hydroxylation is 2. The van der Waals surface area contributed by atoms with Crippen LogP contribution in [0.4, 0.5) is 20.6 Å². The lowest BCUT2D eigenvalue weighted by Crippen LogP contribution is -2.20. The van der Waals surface area contributed by atoms with E-state index in [4.69, 9.17) is 0 Å². The Kier molecular flexibility index (Phi) is 5.85. The lowest BCUT2D eigenvalue weighted by Gasteiger charge is -2.15. The molecule has 0 radical (unpaired) electrons. The van der Waals surface area contributed by atoms with E-state index in [1.54, 1.807) is 23.6 Å². The number of carbonyl (C=O) groups is 1. The van der Waals surface area contributed by atoms with Crippen LogP contribution in [0.5, 0.6) is 0 Å². The third kappa shape index (κ3) is 4.36. The molecular formula is C22H21FN6OS. The fraction of sp³-hybridized carbons (Fsp3) is 0.182. The van der Waals surface area contributed by atoms with E-state index in [0.717, 1.165) is 27.6 Å². The summed E-state index contributed by atoms with van der Waals surface area (Å²) in [6, 6.07) is 11.6. The SMILES string of the molecule is CCc1c(C)nc2ncnn2c1Sc1ccccc1NC(=O)Nc1ccc(C)c(F)c1. The van der Waals surface area contributed by atoms with Crippen molar-refractivity contribution in [3.05, 3.63) is 71.4 Å². The number of hydrogen-bond donors (Lipinski definition) is 2. The number of hydrogen-bond acceptors (Lipinski definition) is 5. The van der Waals surface area contributed by atoms with Crippen LogP contribution < -0.4 is 10.6 Å². The van der Waals surface area contributed by atoms with Crippen LogP contribution >= 0.6 is 11.8 Å². The molecule has 0 bridgehead atoms. The van der Waals surface area contributed by atoms with Gasteiger partial charge in [-0.15, -0.1) is 0 Å². The van der Waals surface area contributed by atoms with Gasteiger partial charge in [-0.1, -0.05) is 36.9 Å². The van der Waals surface area contributed by atoms with Gasteiger partial charge >= 0.3 is 6.03 Å². The van der Waals surface area contributed by atoms with Gasteiger partial charge in [-0.05, 0) is 50.1 Å². The van der Waals surface area contributed by atoms with Gasteiger partial charge in [-0.3, -0.25) is 0 Å². The monoisotopic (exact) mass is 436 g/mol. The van der Waals surface area contributed by atoms with Gasteiger partial charge in [-0.25, -0.2) is 14.2 Å². The molecule has 0 aliphatic carbocycles. The first-order valence-corrected chi connectivity index (χ1v) is 10.6. The highest BCUT2D eigenvalue weighted by Crippen LogP contribution is 2.36. The van der Waals surface area contributed by atoms with Crippen LogP contribution in [0.3, 0.4) is 0 Å². The highest BCUT2D eigenvalue weighted by molar-refractivity contribution is 7.99. The largest absolute Gasteiger partial charge is 0.323 e. The number of halogens is 1. The standard InChI is InChI=1S/C22H21FN6OS/c1-4-16-14(3)26-21-24-12-25-29(21)20(16)31-19-8-6-5-7-18(19)28-22(30)27-15-10-9-13(2)17(23)11-15/h5-12H,4H2,1-3H3,(H2,27,28,30). The number of anilines is 2. The molecule has 0 unspecified atom stereocenters. The lowest BCUT2D eigenvalue weighted by atomic mass is 10.2. The molecule has 2 N–H and O–H groups in total. The number of para-hydroxylation sites is 1. The smallest absolute Gasteiger partial charge is 0.308 e. The Morgan fingerprint density at radius 1 is 1.16 bits per heavy atom. The third-order valence-corrected chi connectivity index (χ3v) is 6.00. The predicted octanol–water partition coefficient (Wildman–Crippen LogP) is 5.24. The van der Waals surface area contributed by atoms with E-state index < -0.39 is 6.03 Å². The van der Waals surface area contributed by atoms with E-state index in [-0.39, 0.29) is 5.82 Å². The molecule has 0 spiro atoms. The van der Waals surface area contributed by atoms with Gasteiger partial charge in [0.2, 0.25) is 0 Å². The quantitative estimate of drug-likeness (QED) is 0.418. The topological polar surface area (TPSA) is 84.2 Å². The van der Waals surface area contributed by atoms with Crippen LogP contribution in [0.15, 0.2) is 58.7 Å². The highest BCUT2D eigenvalue weighted by Gasteiger charge is 2.17. The van der Waals surface area contributed by atoms with Gasteiger partial charge in [-0.2, -0.15) is 14.6 Å². The predicted molar refractivity (Wildman–Crippen MR) is 119 cm³/mol. The Balaban J connectivity index is 1.61. The molecule has 4 rings (SSSR count). The molecule has 2 amide bonds. The van der Waals surface area contributed by atoms with Crippen LogP contribution in [0, 0.1) is 19.7 Å². The maximum absolute atomic E-state index is 13.8. The molecule has 0 fully saturated rings. The normalized spacial score (nSPS) is 11.0. The van der Waals surface area contributed by atoms with Crippen molar-refractivity contribution in [1.82, 2.24) is 19.6 Å². The molecule has 9 heteroatoms. The fourth-order valence-corrected chi connectivity index (χ4v) is 4.40. The lowest BCUT2D eigenvalue weighted by molar-refractivity contribution is 0.262. The number of aromatic nitrogens is 4. The second-order valence-electron chi connectivity index (χ2n) is 6.95. The van der Waals surface area contributed by atoms with Crippen molar-refractivity contribution >= 4 is 34.9 Å². The van der Waals surface area contributed by atoms with Crippen molar-refractivity contribution in [3.63, 3.8) is 0 Å².